The molecule has 37 heavy (non-hydrogen) atoms. The highest BCUT2D eigenvalue weighted by Crippen LogP contribution is 2.35. The van der Waals surface area contributed by atoms with Gasteiger partial charge < -0.3 is 4.90 Å². The monoisotopic (exact) mass is 503 g/mol. The molecule has 5 heterocycles. The molecule has 0 radical (unpaired) electrons. The third kappa shape index (κ3) is 3.44. The van der Waals surface area contributed by atoms with E-state index >= 15 is 0 Å². The van der Waals surface area contributed by atoms with Crippen LogP contribution in [0, 0.1) is 12.7 Å². The number of aromatic amines is 1. The number of hydrogen-bond donors (Lipinski definition) is 1. The number of nitrogens with one attached hydrogen (secondary N) is 1. The molecule has 1 atom stereocenters. The summed E-state index contributed by atoms with van der Waals surface area (Å²) in [5.74, 6) is -0.00405. The van der Waals surface area contributed by atoms with E-state index < -0.39 is 5.66 Å². The Hall–Kier alpha value is -4.15. The Morgan fingerprint density at radius 2 is 1.92 bits per heavy atom. The maximum absolute atomic E-state index is 13.6. The van der Waals surface area contributed by atoms with Crippen LogP contribution in [0.4, 0.5) is 4.39 Å². The van der Waals surface area contributed by atoms with Crippen LogP contribution < -0.4 is 4.57 Å². The van der Waals surface area contributed by atoms with Gasteiger partial charge in [0.15, 0.2) is 6.20 Å². The molecule has 3 aromatic heterocycles. The predicted octanol–water partition coefficient (Wildman–Crippen LogP) is 2.44. The number of halogens is 1. The lowest BCUT2D eigenvalue weighted by atomic mass is 9.87. The van der Waals surface area contributed by atoms with E-state index in [0.717, 1.165) is 16.8 Å². The molecule has 2 aliphatic heterocycles. The van der Waals surface area contributed by atoms with Gasteiger partial charge in [0.05, 0.1) is 12.1 Å². The zero-order chi connectivity index (χ0) is 26.3. The number of hydrogen-bond acceptors (Lipinski definition) is 5. The minimum atomic E-state index is -0.820. The second kappa shape index (κ2) is 7.67. The van der Waals surface area contributed by atoms with E-state index in [-0.39, 0.29) is 35.4 Å². The number of benzene rings is 1. The van der Waals surface area contributed by atoms with Gasteiger partial charge in [0.25, 0.3) is 5.91 Å². The topological polar surface area (TPSA) is 103 Å². The van der Waals surface area contributed by atoms with Crippen LogP contribution >= 0.6 is 0 Å². The van der Waals surface area contributed by atoms with E-state index in [2.05, 4.69) is 36.0 Å². The second-order valence-corrected chi connectivity index (χ2v) is 11.0. The molecular weight excluding hydrogens is 475 g/mol. The first-order valence-corrected chi connectivity index (χ1v) is 12.2. The summed E-state index contributed by atoms with van der Waals surface area (Å²) < 4.78 is 17.3. The first-order chi connectivity index (χ1) is 17.5. The van der Waals surface area contributed by atoms with Crippen LogP contribution in [0.1, 0.15) is 60.2 Å². The molecule has 0 spiro atoms. The molecule has 1 aromatic carbocycles. The number of piperazine rings is 1. The standard InChI is InChI=1S/C26H27FN8O2/c1-15-28-21(30-29-15)24(37)32-10-11-33-23(36)20-13-34-22(35(20)26(33,5)14-32)18(25(2,3)4)12-19(31-34)16-6-8-17(27)9-7-16/h6-9,12-13H,10-11,14H2,1-5H3/p+1. The summed E-state index contributed by atoms with van der Waals surface area (Å²) in [5, 5.41) is 11.6. The number of imidazole rings is 1. The number of aryl methyl sites for hydroxylation is 1. The fourth-order valence-corrected chi connectivity index (χ4v) is 5.46. The fourth-order valence-electron chi connectivity index (χ4n) is 5.46. The average Bonchev–Trinajstić information content (AvgIpc) is 3.51. The molecule has 6 rings (SSSR count). The number of H-pyrrole nitrogens is 1. The molecular formula is C26H28FN8O2+. The SMILES string of the molecule is Cc1nc(C(=O)N2CCN3C(=O)c4cn5nc(-c6ccc(F)cc6)cc(C(C)(C)C)c5[n+]4C3(C)C2)n[nH]1. The Kier molecular flexibility index (Phi) is 4.82. The Labute approximate surface area is 212 Å². The number of nitrogens with zero attached hydrogens (tertiary/aromatic N) is 7. The van der Waals surface area contributed by atoms with Crippen molar-refractivity contribution in [2.75, 3.05) is 19.6 Å². The van der Waals surface area contributed by atoms with E-state index in [0.29, 0.717) is 30.3 Å². The van der Waals surface area contributed by atoms with Gasteiger partial charge in [-0.3, -0.25) is 19.6 Å². The highest BCUT2D eigenvalue weighted by molar-refractivity contribution is 5.94. The Morgan fingerprint density at radius 3 is 2.57 bits per heavy atom. The zero-order valence-electron chi connectivity index (χ0n) is 21.4. The molecule has 1 saturated heterocycles. The Morgan fingerprint density at radius 1 is 1.19 bits per heavy atom. The fraction of sp³-hybridized carbons (Fsp3) is 0.385. The molecule has 10 nitrogen and oxygen atoms in total. The summed E-state index contributed by atoms with van der Waals surface area (Å²) in [6.45, 7) is 11.1. The molecule has 190 valence electrons. The highest BCUT2D eigenvalue weighted by Gasteiger charge is 2.57. The average molecular weight is 504 g/mol. The van der Waals surface area contributed by atoms with Crippen molar-refractivity contribution in [1.29, 1.82) is 0 Å². The van der Waals surface area contributed by atoms with Crippen molar-refractivity contribution in [2.24, 2.45) is 0 Å². The van der Waals surface area contributed by atoms with Crippen molar-refractivity contribution in [2.45, 2.75) is 45.7 Å². The van der Waals surface area contributed by atoms with Crippen LogP contribution in [0.15, 0.2) is 36.5 Å². The van der Waals surface area contributed by atoms with E-state index in [1.165, 1.54) is 12.1 Å². The van der Waals surface area contributed by atoms with Gasteiger partial charge in [0, 0.05) is 25.6 Å². The molecule has 0 aliphatic carbocycles. The molecule has 1 unspecified atom stereocenters. The van der Waals surface area contributed by atoms with Gasteiger partial charge >= 0.3 is 11.6 Å². The summed E-state index contributed by atoms with van der Waals surface area (Å²) in [6, 6.07) is 8.23. The third-order valence-corrected chi connectivity index (χ3v) is 7.29. The Bertz CT molecular complexity index is 1580. The number of fused-ring (bicyclic) bond motifs is 5. The first kappa shape index (κ1) is 23.3. The van der Waals surface area contributed by atoms with Crippen molar-refractivity contribution in [3.63, 3.8) is 0 Å². The van der Waals surface area contributed by atoms with Crippen LogP contribution in [0.3, 0.4) is 0 Å². The van der Waals surface area contributed by atoms with Gasteiger partial charge in [-0.2, -0.15) is 4.57 Å². The van der Waals surface area contributed by atoms with Crippen LogP contribution in [-0.2, 0) is 11.1 Å². The smallest absolute Gasteiger partial charge is 0.313 e. The molecule has 4 aromatic rings. The van der Waals surface area contributed by atoms with Crippen molar-refractivity contribution in [1.82, 2.24) is 34.6 Å². The number of aromatic nitrogens is 6. The molecule has 2 amide bonds. The highest BCUT2D eigenvalue weighted by atomic mass is 19.1. The Balaban J connectivity index is 1.51. The van der Waals surface area contributed by atoms with E-state index in [4.69, 9.17) is 5.10 Å². The largest absolute Gasteiger partial charge is 0.328 e. The molecule has 11 heteroatoms. The van der Waals surface area contributed by atoms with Gasteiger partial charge in [0.2, 0.25) is 17.2 Å². The predicted molar refractivity (Wildman–Crippen MR) is 131 cm³/mol. The minimum Gasteiger partial charge on any atom is -0.328 e. The molecule has 1 N–H and O–H groups in total. The molecule has 0 bridgehead atoms. The number of rotatable bonds is 2. The minimum absolute atomic E-state index is 0.1000. The lowest BCUT2D eigenvalue weighted by molar-refractivity contribution is -0.749. The molecule has 1 fully saturated rings. The van der Waals surface area contributed by atoms with E-state index in [9.17, 15) is 14.0 Å². The van der Waals surface area contributed by atoms with Crippen molar-refractivity contribution < 1.29 is 18.5 Å². The van der Waals surface area contributed by atoms with Crippen LogP contribution in [0.2, 0.25) is 0 Å². The summed E-state index contributed by atoms with van der Waals surface area (Å²) >= 11 is 0. The van der Waals surface area contributed by atoms with Crippen molar-refractivity contribution >= 4 is 17.5 Å². The summed E-state index contributed by atoms with van der Waals surface area (Å²) in [7, 11) is 0. The summed E-state index contributed by atoms with van der Waals surface area (Å²) in [4.78, 5) is 34.5. The lowest BCUT2D eigenvalue weighted by Crippen LogP contribution is -2.69. The second-order valence-electron chi connectivity index (χ2n) is 11.0. The third-order valence-electron chi connectivity index (χ3n) is 7.29. The number of carbonyl (C=O) groups excluding carboxylic acids is 2. The van der Waals surface area contributed by atoms with Gasteiger partial charge in [0.1, 0.15) is 17.3 Å². The molecule has 0 saturated carbocycles. The van der Waals surface area contributed by atoms with Gasteiger partial charge in [-0.15, -0.1) is 5.10 Å². The zero-order valence-corrected chi connectivity index (χ0v) is 21.4. The van der Waals surface area contributed by atoms with Crippen LogP contribution in [0.5, 0.6) is 0 Å². The van der Waals surface area contributed by atoms with Crippen LogP contribution in [-0.4, -0.2) is 66.0 Å². The quantitative estimate of drug-likeness (QED) is 0.423. The maximum Gasteiger partial charge on any atom is 0.313 e. The van der Waals surface area contributed by atoms with Crippen molar-refractivity contribution in [3.8, 4) is 11.3 Å². The van der Waals surface area contributed by atoms with E-state index in [1.807, 2.05) is 22.5 Å². The lowest BCUT2D eigenvalue weighted by Gasteiger charge is -2.42. The number of amides is 2. The van der Waals surface area contributed by atoms with Crippen molar-refractivity contribution in [3.05, 3.63) is 65.3 Å². The first-order valence-electron chi connectivity index (χ1n) is 12.2. The normalized spacial score (nSPS) is 19.5. The van der Waals surface area contributed by atoms with E-state index in [1.54, 1.807) is 34.7 Å². The van der Waals surface area contributed by atoms with Crippen LogP contribution in [0.25, 0.3) is 16.9 Å². The summed E-state index contributed by atoms with van der Waals surface area (Å²) in [6.07, 6.45) is 1.76. The van der Waals surface area contributed by atoms with Gasteiger partial charge in [-0.25, -0.2) is 9.37 Å². The van der Waals surface area contributed by atoms with Gasteiger partial charge in [-0.05, 0) is 42.7 Å². The molecule has 2 aliphatic rings. The maximum atomic E-state index is 13.6. The number of carbonyl (C=O) groups is 2. The van der Waals surface area contributed by atoms with Gasteiger partial charge in [-0.1, -0.05) is 30.4 Å². The summed E-state index contributed by atoms with van der Waals surface area (Å²) in [5.41, 5.74) is 2.63.